The van der Waals surface area contributed by atoms with E-state index in [2.05, 4.69) is 30.5 Å². The number of nitrogens with zero attached hydrogens (tertiary/aromatic N) is 8. The molecule has 6 rings (SSSR count). The predicted octanol–water partition coefficient (Wildman–Crippen LogP) is 3.93. The second-order valence-electron chi connectivity index (χ2n) is 8.74. The van der Waals surface area contributed by atoms with Crippen molar-refractivity contribution in [3.05, 3.63) is 124 Å². The van der Waals surface area contributed by atoms with E-state index in [1.807, 2.05) is 59.4 Å². The molecular weight excluding hydrogens is 502 g/mol. The van der Waals surface area contributed by atoms with Gasteiger partial charge in [-0.3, -0.25) is 9.48 Å². The number of halogens is 1. The van der Waals surface area contributed by atoms with Crippen LogP contribution >= 0.6 is 11.6 Å². The highest BCUT2D eigenvalue weighted by Gasteiger charge is 2.12. The molecule has 0 atom stereocenters. The lowest BCUT2D eigenvalue weighted by Crippen LogP contribution is -2.18. The number of pyridine rings is 1. The van der Waals surface area contributed by atoms with Gasteiger partial charge in [-0.15, -0.1) is 0 Å². The number of anilines is 1. The first-order valence-corrected chi connectivity index (χ1v) is 12.3. The summed E-state index contributed by atoms with van der Waals surface area (Å²) in [5, 5.41) is 13.7. The van der Waals surface area contributed by atoms with Crippen LogP contribution < -0.4 is 10.9 Å². The molecule has 2 aromatic carbocycles. The first-order valence-electron chi connectivity index (χ1n) is 11.9. The molecule has 6 aromatic rings. The third-order valence-electron chi connectivity index (χ3n) is 6.14. The van der Waals surface area contributed by atoms with Crippen LogP contribution in [0, 0.1) is 0 Å². The Morgan fingerprint density at radius 1 is 0.921 bits per heavy atom. The van der Waals surface area contributed by atoms with E-state index in [-0.39, 0.29) is 5.56 Å². The van der Waals surface area contributed by atoms with Gasteiger partial charge < -0.3 is 9.88 Å². The van der Waals surface area contributed by atoms with E-state index < -0.39 is 0 Å². The highest BCUT2D eigenvalue weighted by molar-refractivity contribution is 6.30. The molecule has 0 amide bonds. The number of hydrogen-bond acceptors (Lipinski definition) is 7. The van der Waals surface area contributed by atoms with Crippen molar-refractivity contribution in [2.75, 3.05) is 5.32 Å². The Kier molecular flexibility index (Phi) is 6.37. The first-order chi connectivity index (χ1) is 18.6. The summed E-state index contributed by atoms with van der Waals surface area (Å²) in [6.07, 6.45) is 8.37. The molecule has 0 bridgehead atoms. The predicted molar refractivity (Wildman–Crippen MR) is 144 cm³/mol. The zero-order valence-electron chi connectivity index (χ0n) is 20.1. The van der Waals surface area contributed by atoms with Gasteiger partial charge in [0.1, 0.15) is 24.8 Å². The summed E-state index contributed by atoms with van der Waals surface area (Å²) in [7, 11) is 0. The van der Waals surface area contributed by atoms with Crippen molar-refractivity contribution in [3.63, 3.8) is 0 Å². The Balaban J connectivity index is 1.19. The lowest BCUT2D eigenvalue weighted by molar-refractivity contribution is 0.692. The monoisotopic (exact) mass is 523 g/mol. The molecule has 0 saturated carbocycles. The fraction of sp³-hybridized carbons (Fsp3) is 0.111. The van der Waals surface area contributed by atoms with E-state index in [0.29, 0.717) is 36.1 Å². The Labute approximate surface area is 222 Å². The summed E-state index contributed by atoms with van der Waals surface area (Å²) in [6, 6.07) is 18.9. The summed E-state index contributed by atoms with van der Waals surface area (Å²) in [4.78, 5) is 24.8. The number of aromatic nitrogens is 8. The van der Waals surface area contributed by atoms with Gasteiger partial charge in [0.05, 0.1) is 24.2 Å². The SMILES string of the molecule is O=c1ccccn1Cc1ccc(Cn2cc3c(NCc4cc(Cl)ccc4-n4cncn4)ncnc3n2)cc1. The minimum atomic E-state index is -0.0182. The molecule has 11 heteroatoms. The van der Waals surface area contributed by atoms with Gasteiger partial charge in [0.2, 0.25) is 0 Å². The molecule has 10 nitrogen and oxygen atoms in total. The Morgan fingerprint density at radius 2 is 1.76 bits per heavy atom. The van der Waals surface area contributed by atoms with E-state index in [1.54, 1.807) is 33.9 Å². The lowest BCUT2D eigenvalue weighted by atomic mass is 10.1. The van der Waals surface area contributed by atoms with Crippen molar-refractivity contribution in [3.8, 4) is 5.69 Å². The van der Waals surface area contributed by atoms with Gasteiger partial charge in [0, 0.05) is 30.0 Å². The van der Waals surface area contributed by atoms with Crippen molar-refractivity contribution in [2.24, 2.45) is 0 Å². The zero-order chi connectivity index (χ0) is 25.9. The van der Waals surface area contributed by atoms with Crippen LogP contribution in [0.25, 0.3) is 16.7 Å². The number of fused-ring (bicyclic) bond motifs is 1. The summed E-state index contributed by atoms with van der Waals surface area (Å²) < 4.78 is 5.23. The molecular formula is C27H22ClN9O. The van der Waals surface area contributed by atoms with Crippen LogP contribution in [-0.2, 0) is 19.6 Å². The third kappa shape index (κ3) is 5.02. The van der Waals surface area contributed by atoms with Gasteiger partial charge in [-0.2, -0.15) is 10.2 Å². The maximum absolute atomic E-state index is 12.0. The summed E-state index contributed by atoms with van der Waals surface area (Å²) in [5.74, 6) is 0.675. The van der Waals surface area contributed by atoms with Crippen LogP contribution in [0.5, 0.6) is 0 Å². The van der Waals surface area contributed by atoms with Gasteiger partial charge >= 0.3 is 0 Å². The van der Waals surface area contributed by atoms with Gasteiger partial charge in [-0.25, -0.2) is 19.6 Å². The molecule has 0 saturated heterocycles. The minimum Gasteiger partial charge on any atom is -0.365 e. The molecule has 1 N–H and O–H groups in total. The third-order valence-corrected chi connectivity index (χ3v) is 6.37. The van der Waals surface area contributed by atoms with Gasteiger partial charge in [0.15, 0.2) is 5.65 Å². The Hall–Kier alpha value is -4.83. The van der Waals surface area contributed by atoms with Crippen LogP contribution in [0.4, 0.5) is 5.82 Å². The van der Waals surface area contributed by atoms with Crippen LogP contribution in [0.1, 0.15) is 16.7 Å². The molecule has 4 aromatic heterocycles. The van der Waals surface area contributed by atoms with Crippen LogP contribution in [0.15, 0.2) is 96.8 Å². The molecule has 0 unspecified atom stereocenters. The fourth-order valence-corrected chi connectivity index (χ4v) is 4.46. The smallest absolute Gasteiger partial charge is 0.250 e. The van der Waals surface area contributed by atoms with Crippen LogP contribution in [0.2, 0.25) is 5.02 Å². The Morgan fingerprint density at radius 3 is 2.55 bits per heavy atom. The molecule has 188 valence electrons. The number of nitrogens with one attached hydrogen (secondary N) is 1. The molecule has 0 aliphatic heterocycles. The van der Waals surface area contributed by atoms with Crippen molar-refractivity contribution in [2.45, 2.75) is 19.6 Å². The van der Waals surface area contributed by atoms with Gasteiger partial charge in [-0.05, 0) is 41.0 Å². The summed E-state index contributed by atoms with van der Waals surface area (Å²) >= 11 is 6.27. The van der Waals surface area contributed by atoms with Crippen molar-refractivity contribution in [1.29, 1.82) is 0 Å². The average Bonchev–Trinajstić information content (AvgIpc) is 3.60. The summed E-state index contributed by atoms with van der Waals surface area (Å²) in [5.41, 5.74) is 4.54. The second kappa shape index (κ2) is 10.3. The van der Waals surface area contributed by atoms with E-state index in [4.69, 9.17) is 11.6 Å². The molecule has 0 fully saturated rings. The molecule has 0 spiro atoms. The maximum Gasteiger partial charge on any atom is 0.250 e. The fourth-order valence-electron chi connectivity index (χ4n) is 4.26. The number of hydrogen-bond donors (Lipinski definition) is 1. The van der Waals surface area contributed by atoms with E-state index >= 15 is 0 Å². The largest absolute Gasteiger partial charge is 0.365 e. The summed E-state index contributed by atoms with van der Waals surface area (Å²) in [6.45, 7) is 1.58. The molecule has 0 radical (unpaired) electrons. The highest BCUT2D eigenvalue weighted by atomic mass is 35.5. The van der Waals surface area contributed by atoms with Crippen LogP contribution in [-0.4, -0.2) is 39.1 Å². The highest BCUT2D eigenvalue weighted by Crippen LogP contribution is 2.23. The van der Waals surface area contributed by atoms with Crippen LogP contribution in [0.3, 0.4) is 0 Å². The normalized spacial score (nSPS) is 11.2. The molecule has 4 heterocycles. The van der Waals surface area contributed by atoms with E-state index in [9.17, 15) is 4.79 Å². The van der Waals surface area contributed by atoms with Crippen molar-refractivity contribution >= 4 is 28.5 Å². The van der Waals surface area contributed by atoms with Crippen molar-refractivity contribution in [1.82, 2.24) is 39.1 Å². The van der Waals surface area contributed by atoms with Gasteiger partial charge in [-0.1, -0.05) is 41.9 Å². The average molecular weight is 524 g/mol. The first kappa shape index (κ1) is 23.6. The van der Waals surface area contributed by atoms with Crippen molar-refractivity contribution < 1.29 is 0 Å². The lowest BCUT2D eigenvalue weighted by Gasteiger charge is -2.11. The zero-order valence-corrected chi connectivity index (χ0v) is 20.9. The second-order valence-corrected chi connectivity index (χ2v) is 9.17. The molecule has 0 aliphatic rings. The quantitative estimate of drug-likeness (QED) is 0.322. The van der Waals surface area contributed by atoms with Gasteiger partial charge in [0.25, 0.3) is 5.56 Å². The van der Waals surface area contributed by atoms with E-state index in [1.165, 1.54) is 12.7 Å². The maximum atomic E-state index is 12.0. The minimum absolute atomic E-state index is 0.0182. The molecule has 0 aliphatic carbocycles. The number of rotatable bonds is 8. The number of benzene rings is 2. The Bertz CT molecular complexity index is 1760. The van der Waals surface area contributed by atoms with E-state index in [0.717, 1.165) is 27.8 Å². The molecule has 38 heavy (non-hydrogen) atoms. The standard InChI is InChI=1S/C27H22ClN9O/c28-22-8-9-24(37-18-29-16-33-37)21(11-22)12-30-26-23-15-36(34-27(23)32-17-31-26)14-20-6-4-19(5-7-20)13-35-10-2-1-3-25(35)38/h1-11,15-18H,12-14H2,(H,30,31,32,34). The topological polar surface area (TPSA) is 108 Å².